The summed E-state index contributed by atoms with van der Waals surface area (Å²) in [7, 11) is 0. The van der Waals surface area contributed by atoms with Crippen LogP contribution in [-0.2, 0) is 0 Å². The van der Waals surface area contributed by atoms with Crippen molar-refractivity contribution in [1.29, 1.82) is 0 Å². The monoisotopic (exact) mass is 363 g/mol. The molecule has 1 N–H and O–H groups in total. The van der Waals surface area contributed by atoms with Gasteiger partial charge in [0.25, 0.3) is 0 Å². The molecule has 27 heavy (non-hydrogen) atoms. The standard InChI is InChI=1S/C26H37N/c1-18(2)20(5)26(19(3)4)21(6)22(7)27-17-23-13-15-25(16-14-23)24-11-9-8-10-12-24/h8-15,18,21-22,25,27H,3,16-17H2,1-2,4-7H3/b26-20+. The fourth-order valence-corrected chi connectivity index (χ4v) is 3.84. The third-order valence-corrected chi connectivity index (χ3v) is 5.99. The summed E-state index contributed by atoms with van der Waals surface area (Å²) in [5, 5.41) is 3.74. The molecule has 0 aromatic heterocycles. The summed E-state index contributed by atoms with van der Waals surface area (Å²) in [6.45, 7) is 18.7. The molecule has 0 saturated heterocycles. The lowest BCUT2D eigenvalue weighted by Crippen LogP contribution is -2.35. The van der Waals surface area contributed by atoms with Gasteiger partial charge in [0, 0.05) is 18.5 Å². The van der Waals surface area contributed by atoms with Gasteiger partial charge < -0.3 is 5.32 Å². The highest BCUT2D eigenvalue weighted by Crippen LogP contribution is 2.29. The number of rotatable bonds is 8. The minimum absolute atomic E-state index is 0.409. The molecule has 0 saturated carbocycles. The Balaban J connectivity index is 1.95. The molecule has 2 rings (SSSR count). The first-order chi connectivity index (χ1) is 12.8. The van der Waals surface area contributed by atoms with Crippen molar-refractivity contribution >= 4 is 0 Å². The van der Waals surface area contributed by atoms with Gasteiger partial charge in [0.1, 0.15) is 0 Å². The lowest BCUT2D eigenvalue weighted by atomic mass is 9.83. The molecule has 0 fully saturated rings. The molecule has 0 aliphatic heterocycles. The van der Waals surface area contributed by atoms with Crippen LogP contribution in [-0.4, -0.2) is 12.6 Å². The first-order valence-corrected chi connectivity index (χ1v) is 10.3. The zero-order valence-electron chi connectivity index (χ0n) is 18.0. The molecule has 0 spiro atoms. The van der Waals surface area contributed by atoms with Gasteiger partial charge in [0.2, 0.25) is 0 Å². The minimum atomic E-state index is 0.409. The second-order valence-electron chi connectivity index (χ2n) is 8.38. The Bertz CT molecular complexity index is 718. The topological polar surface area (TPSA) is 12.0 Å². The van der Waals surface area contributed by atoms with Crippen LogP contribution >= 0.6 is 0 Å². The van der Waals surface area contributed by atoms with Gasteiger partial charge in [0.05, 0.1) is 0 Å². The smallest absolute Gasteiger partial charge is 0.0204 e. The van der Waals surface area contributed by atoms with E-state index in [0.29, 0.717) is 23.8 Å². The highest BCUT2D eigenvalue weighted by Gasteiger charge is 2.20. The quantitative estimate of drug-likeness (QED) is 0.500. The number of hydrogen-bond donors (Lipinski definition) is 1. The van der Waals surface area contributed by atoms with E-state index in [4.69, 9.17) is 0 Å². The molecule has 1 aliphatic rings. The van der Waals surface area contributed by atoms with Crippen molar-refractivity contribution in [3.05, 3.63) is 83.0 Å². The molecule has 0 amide bonds. The van der Waals surface area contributed by atoms with E-state index < -0.39 is 0 Å². The molecule has 1 heteroatoms. The second kappa shape index (κ2) is 9.90. The molecule has 1 aromatic rings. The summed E-state index contributed by atoms with van der Waals surface area (Å²) in [6, 6.07) is 11.2. The van der Waals surface area contributed by atoms with E-state index in [9.17, 15) is 0 Å². The summed E-state index contributed by atoms with van der Waals surface area (Å²) in [4.78, 5) is 0. The van der Waals surface area contributed by atoms with Crippen LogP contribution in [0.3, 0.4) is 0 Å². The molecule has 146 valence electrons. The van der Waals surface area contributed by atoms with E-state index in [1.165, 1.54) is 27.9 Å². The Morgan fingerprint density at radius 1 is 1.11 bits per heavy atom. The van der Waals surface area contributed by atoms with E-state index in [1.54, 1.807) is 0 Å². The van der Waals surface area contributed by atoms with Crippen molar-refractivity contribution in [2.24, 2.45) is 11.8 Å². The van der Waals surface area contributed by atoms with Gasteiger partial charge in [0.15, 0.2) is 0 Å². The Morgan fingerprint density at radius 2 is 1.78 bits per heavy atom. The van der Waals surface area contributed by atoms with Crippen molar-refractivity contribution in [2.75, 3.05) is 6.54 Å². The predicted molar refractivity (Wildman–Crippen MR) is 120 cm³/mol. The zero-order chi connectivity index (χ0) is 20.0. The first-order valence-electron chi connectivity index (χ1n) is 10.3. The third kappa shape index (κ3) is 5.81. The maximum atomic E-state index is 4.24. The Morgan fingerprint density at radius 3 is 2.30 bits per heavy atom. The number of hydrogen-bond acceptors (Lipinski definition) is 1. The minimum Gasteiger partial charge on any atom is -0.310 e. The van der Waals surface area contributed by atoms with Gasteiger partial charge >= 0.3 is 0 Å². The van der Waals surface area contributed by atoms with Gasteiger partial charge in [-0.25, -0.2) is 0 Å². The summed E-state index contributed by atoms with van der Waals surface area (Å²) in [5.41, 5.74) is 6.89. The largest absolute Gasteiger partial charge is 0.310 e. The van der Waals surface area contributed by atoms with E-state index in [1.807, 2.05) is 0 Å². The highest BCUT2D eigenvalue weighted by atomic mass is 14.9. The van der Waals surface area contributed by atoms with Crippen LogP contribution in [0, 0.1) is 11.8 Å². The predicted octanol–water partition coefficient (Wildman–Crippen LogP) is 6.82. The molecular formula is C26H37N. The number of benzene rings is 1. The van der Waals surface area contributed by atoms with Crippen LogP contribution in [0.4, 0.5) is 0 Å². The summed E-state index contributed by atoms with van der Waals surface area (Å²) >= 11 is 0. The average molecular weight is 364 g/mol. The van der Waals surface area contributed by atoms with Gasteiger partial charge in [-0.05, 0) is 55.7 Å². The maximum Gasteiger partial charge on any atom is 0.0204 e. The molecule has 1 nitrogen and oxygen atoms in total. The summed E-state index contributed by atoms with van der Waals surface area (Å²) in [6.07, 6.45) is 8.12. The second-order valence-corrected chi connectivity index (χ2v) is 8.38. The van der Waals surface area contributed by atoms with E-state index in [0.717, 1.165) is 13.0 Å². The average Bonchev–Trinajstić information content (AvgIpc) is 2.66. The van der Waals surface area contributed by atoms with E-state index in [2.05, 4.69) is 102 Å². The Labute approximate surface area is 167 Å². The van der Waals surface area contributed by atoms with Crippen molar-refractivity contribution < 1.29 is 0 Å². The lowest BCUT2D eigenvalue weighted by Gasteiger charge is -2.28. The molecule has 0 heterocycles. The molecule has 1 aliphatic carbocycles. The van der Waals surface area contributed by atoms with Crippen molar-refractivity contribution in [3.63, 3.8) is 0 Å². The van der Waals surface area contributed by atoms with Crippen LogP contribution in [0.2, 0.25) is 0 Å². The van der Waals surface area contributed by atoms with Gasteiger partial charge in [-0.2, -0.15) is 0 Å². The molecule has 1 aromatic carbocycles. The lowest BCUT2D eigenvalue weighted by molar-refractivity contribution is 0.457. The molecule has 0 bridgehead atoms. The van der Waals surface area contributed by atoms with Gasteiger partial charge in [-0.3, -0.25) is 0 Å². The van der Waals surface area contributed by atoms with Crippen LogP contribution in [0.15, 0.2) is 77.4 Å². The normalized spacial score (nSPS) is 20.1. The molecule has 0 radical (unpaired) electrons. The number of nitrogens with one attached hydrogen (secondary N) is 1. The van der Waals surface area contributed by atoms with Gasteiger partial charge in [-0.1, -0.05) is 87.1 Å². The van der Waals surface area contributed by atoms with Crippen LogP contribution in [0.25, 0.3) is 0 Å². The Kier molecular flexibility index (Phi) is 7.86. The van der Waals surface area contributed by atoms with Crippen LogP contribution < -0.4 is 5.32 Å². The fraction of sp³-hybridized carbons (Fsp3) is 0.462. The van der Waals surface area contributed by atoms with Crippen LogP contribution in [0.1, 0.15) is 59.4 Å². The first kappa shape index (κ1) is 21.4. The van der Waals surface area contributed by atoms with Crippen molar-refractivity contribution in [3.8, 4) is 0 Å². The van der Waals surface area contributed by atoms with E-state index >= 15 is 0 Å². The van der Waals surface area contributed by atoms with Crippen LogP contribution in [0.5, 0.6) is 0 Å². The highest BCUT2D eigenvalue weighted by molar-refractivity contribution is 5.36. The van der Waals surface area contributed by atoms with Gasteiger partial charge in [-0.15, -0.1) is 0 Å². The molecule has 3 unspecified atom stereocenters. The van der Waals surface area contributed by atoms with Crippen molar-refractivity contribution in [2.45, 2.75) is 59.9 Å². The summed E-state index contributed by atoms with van der Waals surface area (Å²) < 4.78 is 0. The maximum absolute atomic E-state index is 4.24. The Hall–Kier alpha value is -1.86. The summed E-state index contributed by atoms with van der Waals surface area (Å²) in [5.74, 6) is 1.53. The fourth-order valence-electron chi connectivity index (χ4n) is 3.84. The molecule has 3 atom stereocenters. The third-order valence-electron chi connectivity index (χ3n) is 5.99. The van der Waals surface area contributed by atoms with E-state index in [-0.39, 0.29) is 0 Å². The SMILES string of the molecule is C=C(C)/C(=C(/C)C(C)C)C(C)C(C)NCC1=CCC(c2ccccc2)C=C1. The van der Waals surface area contributed by atoms with Crippen molar-refractivity contribution in [1.82, 2.24) is 5.32 Å². The zero-order valence-corrected chi connectivity index (χ0v) is 18.0. The molecular weight excluding hydrogens is 326 g/mol. The number of allylic oxidation sites excluding steroid dienone is 4.